The van der Waals surface area contributed by atoms with E-state index < -0.39 is 23.9 Å². The lowest BCUT2D eigenvalue weighted by atomic mass is 9.72. The number of carboxylic acid groups (broad SMARTS) is 1. The third kappa shape index (κ3) is 7.05. The number of aliphatic carboxylic acids is 1. The van der Waals surface area contributed by atoms with E-state index in [2.05, 4.69) is 5.32 Å². The van der Waals surface area contributed by atoms with E-state index in [0.717, 1.165) is 76.9 Å². The molecule has 3 saturated carbocycles. The van der Waals surface area contributed by atoms with Gasteiger partial charge in [-0.25, -0.2) is 4.79 Å². The lowest BCUT2D eigenvalue weighted by Gasteiger charge is -2.41. The molecular formula is C29H49N3O5. The van der Waals surface area contributed by atoms with Crippen LogP contribution in [0.1, 0.15) is 103 Å². The molecule has 1 heterocycles. The predicted molar refractivity (Wildman–Crippen MR) is 141 cm³/mol. The van der Waals surface area contributed by atoms with Gasteiger partial charge in [0.05, 0.1) is 6.42 Å². The molecule has 0 aromatic carbocycles. The molecule has 0 aromatic heterocycles. The second-order valence-corrected chi connectivity index (χ2v) is 12.6. The molecule has 0 spiro atoms. The molecule has 8 heteroatoms. The smallest absolute Gasteiger partial charge is 0.336 e. The first kappa shape index (κ1) is 28.3. The van der Waals surface area contributed by atoms with Crippen LogP contribution in [0.3, 0.4) is 0 Å². The number of carbonyl (C=O) groups is 3. The molecule has 4 aliphatic rings. The van der Waals surface area contributed by atoms with Crippen molar-refractivity contribution in [1.82, 2.24) is 10.2 Å². The van der Waals surface area contributed by atoms with Gasteiger partial charge in [0, 0.05) is 25.0 Å². The Hall–Kier alpha value is -1.67. The molecule has 8 nitrogen and oxygen atoms in total. The molecule has 37 heavy (non-hydrogen) atoms. The van der Waals surface area contributed by atoms with Gasteiger partial charge in [0.15, 0.2) is 5.60 Å². The second-order valence-electron chi connectivity index (χ2n) is 12.6. The van der Waals surface area contributed by atoms with Crippen LogP contribution in [0.5, 0.6) is 0 Å². The van der Waals surface area contributed by atoms with Crippen LogP contribution >= 0.6 is 0 Å². The van der Waals surface area contributed by atoms with E-state index in [0.29, 0.717) is 31.1 Å². The molecule has 3 aliphatic carbocycles. The number of rotatable bonds is 8. The van der Waals surface area contributed by atoms with Crippen LogP contribution in [0.4, 0.5) is 0 Å². The molecule has 0 radical (unpaired) electrons. The van der Waals surface area contributed by atoms with Crippen molar-refractivity contribution >= 4 is 17.8 Å². The summed E-state index contributed by atoms with van der Waals surface area (Å²) in [6, 6.07) is -0.146. The Bertz CT molecular complexity index is 792. The molecule has 4 fully saturated rings. The molecule has 1 saturated heterocycles. The lowest BCUT2D eigenvalue weighted by molar-refractivity contribution is -0.170. The van der Waals surface area contributed by atoms with E-state index in [1.54, 1.807) is 0 Å². The third-order valence-electron chi connectivity index (χ3n) is 10.1. The summed E-state index contributed by atoms with van der Waals surface area (Å²) in [5.41, 5.74) is 3.93. The first-order valence-corrected chi connectivity index (χ1v) is 15.0. The summed E-state index contributed by atoms with van der Waals surface area (Å²) in [5.74, 6) is 0.137. The lowest BCUT2D eigenvalue weighted by Crippen LogP contribution is -2.52. The van der Waals surface area contributed by atoms with Crippen LogP contribution in [0.25, 0.3) is 0 Å². The van der Waals surface area contributed by atoms with Gasteiger partial charge in [0.25, 0.3) is 0 Å². The minimum Gasteiger partial charge on any atom is -0.479 e. The Kier molecular flexibility index (Phi) is 9.90. The standard InChI is InChI=1S/C29H49N3O5/c30-19-20-6-4-7-22(16-20)21-12-14-32(15-13-21)27(34)23-8-5-11-25(17-23)31-26(33)18-29(37,28(35)36)24-9-2-1-3-10-24/h20-25,37H,1-19,30H2,(H,31,33)(H,35,36). The van der Waals surface area contributed by atoms with Crippen molar-refractivity contribution in [2.75, 3.05) is 19.6 Å². The maximum Gasteiger partial charge on any atom is 0.336 e. The minimum atomic E-state index is -2.01. The number of amides is 2. The first-order valence-electron chi connectivity index (χ1n) is 15.0. The Labute approximate surface area is 222 Å². The molecule has 4 rings (SSSR count). The zero-order chi connectivity index (χ0) is 26.4. The second kappa shape index (κ2) is 12.9. The molecule has 5 atom stereocenters. The first-order chi connectivity index (χ1) is 17.8. The fraction of sp³-hybridized carbons (Fsp3) is 0.897. The van der Waals surface area contributed by atoms with Crippen LogP contribution in [-0.2, 0) is 14.4 Å². The Morgan fingerprint density at radius 3 is 2.22 bits per heavy atom. The van der Waals surface area contributed by atoms with Crippen molar-refractivity contribution in [2.24, 2.45) is 35.3 Å². The molecule has 210 valence electrons. The van der Waals surface area contributed by atoms with E-state index in [1.165, 1.54) is 25.7 Å². The fourth-order valence-corrected chi connectivity index (χ4v) is 7.87. The van der Waals surface area contributed by atoms with Crippen molar-refractivity contribution in [3.05, 3.63) is 0 Å². The highest BCUT2D eigenvalue weighted by atomic mass is 16.4. The summed E-state index contributed by atoms with van der Waals surface area (Å²) in [5, 5.41) is 23.7. The number of nitrogens with zero attached hydrogens (tertiary/aromatic N) is 1. The van der Waals surface area contributed by atoms with E-state index in [9.17, 15) is 24.6 Å². The van der Waals surface area contributed by atoms with E-state index in [4.69, 9.17) is 5.73 Å². The summed E-state index contributed by atoms with van der Waals surface area (Å²) in [6.45, 7) is 2.45. The summed E-state index contributed by atoms with van der Waals surface area (Å²) < 4.78 is 0. The van der Waals surface area contributed by atoms with Crippen molar-refractivity contribution in [1.29, 1.82) is 0 Å². The number of carboxylic acids is 1. The van der Waals surface area contributed by atoms with E-state index in [1.807, 2.05) is 4.90 Å². The normalized spacial score (nSPS) is 31.9. The average Bonchev–Trinajstić information content (AvgIpc) is 2.93. The van der Waals surface area contributed by atoms with Gasteiger partial charge in [-0.3, -0.25) is 9.59 Å². The average molecular weight is 520 g/mol. The number of hydrogen-bond donors (Lipinski definition) is 4. The largest absolute Gasteiger partial charge is 0.479 e. The van der Waals surface area contributed by atoms with Crippen LogP contribution < -0.4 is 11.1 Å². The Balaban J connectivity index is 1.25. The summed E-state index contributed by atoms with van der Waals surface area (Å²) in [7, 11) is 0. The number of likely N-dealkylation sites (tertiary alicyclic amines) is 1. The van der Waals surface area contributed by atoms with Gasteiger partial charge in [-0.2, -0.15) is 0 Å². The van der Waals surface area contributed by atoms with Gasteiger partial charge < -0.3 is 26.2 Å². The number of carbonyl (C=O) groups excluding carboxylic acids is 2. The van der Waals surface area contributed by atoms with Gasteiger partial charge in [-0.1, -0.05) is 38.5 Å². The summed E-state index contributed by atoms with van der Waals surface area (Å²) in [4.78, 5) is 40.2. The number of nitrogens with two attached hydrogens (primary N) is 1. The highest BCUT2D eigenvalue weighted by Gasteiger charge is 2.46. The molecule has 0 aromatic rings. The summed E-state index contributed by atoms with van der Waals surface area (Å²) >= 11 is 0. The maximum absolute atomic E-state index is 13.4. The van der Waals surface area contributed by atoms with Crippen molar-refractivity contribution < 1.29 is 24.6 Å². The predicted octanol–water partition coefficient (Wildman–Crippen LogP) is 3.45. The molecule has 5 N–H and O–H groups in total. The number of hydrogen-bond acceptors (Lipinski definition) is 5. The Morgan fingerprint density at radius 1 is 0.838 bits per heavy atom. The van der Waals surface area contributed by atoms with Gasteiger partial charge in [0.1, 0.15) is 0 Å². The third-order valence-corrected chi connectivity index (χ3v) is 10.1. The van der Waals surface area contributed by atoms with Gasteiger partial charge in [-0.05, 0) is 88.0 Å². The van der Waals surface area contributed by atoms with Crippen LogP contribution in [0.15, 0.2) is 0 Å². The van der Waals surface area contributed by atoms with Gasteiger partial charge in [-0.15, -0.1) is 0 Å². The zero-order valence-electron chi connectivity index (χ0n) is 22.5. The summed E-state index contributed by atoms with van der Waals surface area (Å²) in [6.07, 6.45) is 14.0. The molecule has 1 aliphatic heterocycles. The Morgan fingerprint density at radius 2 is 1.54 bits per heavy atom. The highest BCUT2D eigenvalue weighted by Crippen LogP contribution is 2.39. The number of aliphatic hydroxyl groups is 1. The maximum atomic E-state index is 13.4. The molecule has 5 unspecified atom stereocenters. The zero-order valence-corrected chi connectivity index (χ0v) is 22.5. The van der Waals surface area contributed by atoms with E-state index in [-0.39, 0.29) is 23.8 Å². The van der Waals surface area contributed by atoms with Gasteiger partial charge >= 0.3 is 5.97 Å². The fourth-order valence-electron chi connectivity index (χ4n) is 7.87. The minimum absolute atomic E-state index is 0.0939. The molecule has 2 amide bonds. The van der Waals surface area contributed by atoms with Crippen LogP contribution in [-0.4, -0.2) is 64.2 Å². The highest BCUT2D eigenvalue weighted by molar-refractivity contribution is 5.87. The van der Waals surface area contributed by atoms with Crippen LogP contribution in [0.2, 0.25) is 0 Å². The van der Waals surface area contributed by atoms with Crippen LogP contribution in [0, 0.1) is 29.6 Å². The molecular weight excluding hydrogens is 470 g/mol. The molecule has 0 bridgehead atoms. The van der Waals surface area contributed by atoms with E-state index >= 15 is 0 Å². The van der Waals surface area contributed by atoms with Crippen molar-refractivity contribution in [2.45, 2.75) is 114 Å². The quantitative estimate of drug-likeness (QED) is 0.388. The van der Waals surface area contributed by atoms with Crippen molar-refractivity contribution in [3.8, 4) is 0 Å². The van der Waals surface area contributed by atoms with Gasteiger partial charge in [0.2, 0.25) is 11.8 Å². The number of nitrogens with one attached hydrogen (secondary N) is 1. The topological polar surface area (TPSA) is 133 Å². The SMILES string of the molecule is NCC1CCCC(C2CCN(C(=O)C3CCCC(NC(=O)CC(O)(C(=O)O)C4CCCCC4)C3)CC2)C1. The number of piperidine rings is 1. The van der Waals surface area contributed by atoms with Crippen molar-refractivity contribution in [3.63, 3.8) is 0 Å². The monoisotopic (exact) mass is 519 g/mol.